The van der Waals surface area contributed by atoms with Crippen LogP contribution >= 0.6 is 0 Å². The zero-order chi connectivity index (χ0) is 19.3. The number of urea groups is 1. The fourth-order valence-electron chi connectivity index (χ4n) is 3.95. The van der Waals surface area contributed by atoms with Crippen molar-refractivity contribution in [3.05, 3.63) is 35.3 Å². The van der Waals surface area contributed by atoms with Crippen molar-refractivity contribution in [2.45, 2.75) is 19.1 Å². The van der Waals surface area contributed by atoms with Crippen molar-refractivity contribution in [1.29, 1.82) is 5.26 Å². The summed E-state index contributed by atoms with van der Waals surface area (Å²) in [6.45, 7) is 4.10. The Balaban J connectivity index is 1.31. The van der Waals surface area contributed by atoms with E-state index in [9.17, 15) is 10.1 Å². The number of hydrogen-bond donors (Lipinski definition) is 0. The third-order valence-corrected chi connectivity index (χ3v) is 5.68. The summed E-state index contributed by atoms with van der Waals surface area (Å²) in [5, 5.41) is 14.0. The largest absolute Gasteiger partial charge is 0.376 e. The van der Waals surface area contributed by atoms with E-state index in [1.165, 1.54) is 0 Å². The molecule has 0 saturated carbocycles. The van der Waals surface area contributed by atoms with E-state index in [1.54, 1.807) is 23.0 Å². The van der Waals surface area contributed by atoms with E-state index >= 15 is 0 Å². The average molecular weight is 379 g/mol. The second-order valence-corrected chi connectivity index (χ2v) is 7.47. The number of anilines is 2. The summed E-state index contributed by atoms with van der Waals surface area (Å²) in [5.74, 6) is 0.753. The van der Waals surface area contributed by atoms with Crippen molar-refractivity contribution in [2.24, 2.45) is 0 Å². The number of likely N-dealkylation sites (N-methyl/N-ethyl adjacent to an activating group) is 1. The van der Waals surface area contributed by atoms with E-state index in [0.29, 0.717) is 25.3 Å². The molecule has 144 valence electrons. The molecule has 0 radical (unpaired) electrons. The van der Waals surface area contributed by atoms with Crippen molar-refractivity contribution in [1.82, 2.24) is 19.7 Å². The molecule has 3 aliphatic heterocycles. The molecule has 2 saturated heterocycles. The first-order valence-electron chi connectivity index (χ1n) is 9.46. The monoisotopic (exact) mass is 379 g/mol. The van der Waals surface area contributed by atoms with Crippen LogP contribution in [0.25, 0.3) is 0 Å². The van der Waals surface area contributed by atoms with Gasteiger partial charge in [-0.25, -0.2) is 9.78 Å². The zero-order valence-electron chi connectivity index (χ0n) is 15.7. The lowest BCUT2D eigenvalue weighted by atomic mass is 10.0. The molecule has 28 heavy (non-hydrogen) atoms. The number of fused-ring (bicyclic) bond motifs is 1. The van der Waals surface area contributed by atoms with Gasteiger partial charge in [0.05, 0.1) is 42.4 Å². The summed E-state index contributed by atoms with van der Waals surface area (Å²) in [6, 6.07) is 4.39. The van der Waals surface area contributed by atoms with E-state index in [1.807, 2.05) is 16.9 Å². The predicted molar refractivity (Wildman–Crippen MR) is 101 cm³/mol. The molecule has 2 aromatic heterocycles. The van der Waals surface area contributed by atoms with Crippen molar-refractivity contribution in [3.63, 3.8) is 0 Å². The van der Waals surface area contributed by atoms with Crippen LogP contribution in [0.5, 0.6) is 0 Å². The molecule has 0 N–H and O–H groups in total. The van der Waals surface area contributed by atoms with Gasteiger partial charge in [-0.3, -0.25) is 9.58 Å². The maximum atomic E-state index is 12.2. The first-order chi connectivity index (χ1) is 13.6. The lowest BCUT2D eigenvalue weighted by Gasteiger charge is -2.40. The normalized spacial score (nSPS) is 19.6. The SMILES string of the molecule is CN1CCN(c2cnn(C3CN(c4nc5c(cc4C#N)COCC5)C3)c2)C1=O. The maximum absolute atomic E-state index is 12.2. The predicted octanol–water partition coefficient (Wildman–Crippen LogP) is 1.16. The van der Waals surface area contributed by atoms with Gasteiger partial charge in [-0.15, -0.1) is 0 Å². The molecular formula is C19H21N7O2. The highest BCUT2D eigenvalue weighted by atomic mass is 16.5. The van der Waals surface area contributed by atoms with Crippen LogP contribution in [0, 0.1) is 11.3 Å². The number of nitriles is 1. The van der Waals surface area contributed by atoms with Crippen LogP contribution in [0.4, 0.5) is 16.3 Å². The van der Waals surface area contributed by atoms with Gasteiger partial charge < -0.3 is 14.5 Å². The number of pyridine rings is 1. The highest BCUT2D eigenvalue weighted by Gasteiger charge is 2.34. The lowest BCUT2D eigenvalue weighted by molar-refractivity contribution is 0.109. The minimum absolute atomic E-state index is 0.00990. The molecule has 9 nitrogen and oxygen atoms in total. The number of aromatic nitrogens is 3. The van der Waals surface area contributed by atoms with E-state index in [2.05, 4.69) is 16.1 Å². The van der Waals surface area contributed by atoms with Gasteiger partial charge in [0, 0.05) is 51.4 Å². The van der Waals surface area contributed by atoms with E-state index in [0.717, 1.165) is 48.8 Å². The number of nitrogens with zero attached hydrogens (tertiary/aromatic N) is 7. The summed E-state index contributed by atoms with van der Waals surface area (Å²) in [7, 11) is 1.81. The molecule has 0 spiro atoms. The van der Waals surface area contributed by atoms with Crippen LogP contribution in [0.2, 0.25) is 0 Å². The summed E-state index contributed by atoms with van der Waals surface area (Å²) < 4.78 is 7.38. The number of carbonyl (C=O) groups excluding carboxylic acids is 1. The molecule has 0 atom stereocenters. The van der Waals surface area contributed by atoms with E-state index in [-0.39, 0.29) is 12.1 Å². The lowest BCUT2D eigenvalue weighted by Crippen LogP contribution is -2.48. The van der Waals surface area contributed by atoms with Crippen molar-refractivity contribution >= 4 is 17.5 Å². The molecular weight excluding hydrogens is 358 g/mol. The smallest absolute Gasteiger partial charge is 0.324 e. The minimum atomic E-state index is 0.00990. The molecule has 2 amide bonds. The Morgan fingerprint density at radius 1 is 1.32 bits per heavy atom. The molecule has 2 aromatic rings. The van der Waals surface area contributed by atoms with Crippen LogP contribution < -0.4 is 9.80 Å². The first-order valence-corrected chi connectivity index (χ1v) is 9.46. The summed E-state index contributed by atoms with van der Waals surface area (Å²) in [4.78, 5) is 22.5. The highest BCUT2D eigenvalue weighted by Crippen LogP contribution is 2.32. The quantitative estimate of drug-likeness (QED) is 0.795. The third kappa shape index (κ3) is 2.68. The molecule has 0 bridgehead atoms. The molecule has 5 rings (SSSR count). The number of rotatable bonds is 3. The maximum Gasteiger partial charge on any atom is 0.324 e. The Morgan fingerprint density at radius 2 is 2.18 bits per heavy atom. The van der Waals surface area contributed by atoms with Crippen molar-refractivity contribution in [2.75, 3.05) is 49.6 Å². The topological polar surface area (TPSA) is 90.5 Å². The van der Waals surface area contributed by atoms with Gasteiger partial charge in [0.15, 0.2) is 0 Å². The van der Waals surface area contributed by atoms with Crippen LogP contribution in [0.1, 0.15) is 22.9 Å². The molecule has 3 aliphatic rings. The highest BCUT2D eigenvalue weighted by molar-refractivity contribution is 5.93. The Morgan fingerprint density at radius 3 is 2.93 bits per heavy atom. The van der Waals surface area contributed by atoms with Gasteiger partial charge in [0.1, 0.15) is 11.9 Å². The fourth-order valence-corrected chi connectivity index (χ4v) is 3.95. The number of ether oxygens (including phenoxy) is 1. The van der Waals surface area contributed by atoms with Crippen LogP contribution in [-0.2, 0) is 17.8 Å². The summed E-state index contributed by atoms with van der Waals surface area (Å²) in [5.41, 5.74) is 3.47. The van der Waals surface area contributed by atoms with Crippen LogP contribution in [0.15, 0.2) is 18.5 Å². The van der Waals surface area contributed by atoms with Gasteiger partial charge in [-0.1, -0.05) is 0 Å². The first kappa shape index (κ1) is 17.0. The Bertz CT molecular complexity index is 973. The minimum Gasteiger partial charge on any atom is -0.376 e. The average Bonchev–Trinajstić information content (AvgIpc) is 3.27. The Kier molecular flexibility index (Phi) is 3.94. The number of amides is 2. The second-order valence-electron chi connectivity index (χ2n) is 7.47. The van der Waals surface area contributed by atoms with Gasteiger partial charge in [-0.05, 0) is 6.07 Å². The van der Waals surface area contributed by atoms with Crippen LogP contribution in [-0.4, -0.2) is 65.5 Å². The standard InChI is InChI=1S/C19H21N7O2/c1-23-3-4-25(19(23)27)15-8-21-26(11-15)16-9-24(10-16)18-13(7-20)6-14-12-28-5-2-17(14)22-18/h6,8,11,16H,2-5,9-10,12H2,1H3. The Labute approximate surface area is 162 Å². The number of hydrogen-bond acceptors (Lipinski definition) is 6. The van der Waals surface area contributed by atoms with E-state index in [4.69, 9.17) is 9.72 Å². The van der Waals surface area contributed by atoms with Crippen LogP contribution in [0.3, 0.4) is 0 Å². The second kappa shape index (κ2) is 6.49. The molecule has 2 fully saturated rings. The Hall–Kier alpha value is -3.12. The molecule has 0 unspecified atom stereocenters. The summed E-state index contributed by atoms with van der Waals surface area (Å²) in [6.07, 6.45) is 4.46. The number of carbonyl (C=O) groups is 1. The van der Waals surface area contributed by atoms with Gasteiger partial charge in [-0.2, -0.15) is 10.4 Å². The molecule has 5 heterocycles. The van der Waals surface area contributed by atoms with Gasteiger partial charge in [0.25, 0.3) is 0 Å². The zero-order valence-corrected chi connectivity index (χ0v) is 15.7. The summed E-state index contributed by atoms with van der Waals surface area (Å²) >= 11 is 0. The van der Waals surface area contributed by atoms with Gasteiger partial charge in [0.2, 0.25) is 0 Å². The van der Waals surface area contributed by atoms with Gasteiger partial charge >= 0.3 is 6.03 Å². The van der Waals surface area contributed by atoms with E-state index < -0.39 is 0 Å². The molecule has 0 aliphatic carbocycles. The molecule has 0 aromatic carbocycles. The van der Waals surface area contributed by atoms with Crippen molar-refractivity contribution < 1.29 is 9.53 Å². The molecule has 9 heteroatoms. The van der Waals surface area contributed by atoms with Crippen molar-refractivity contribution in [3.8, 4) is 6.07 Å². The fraction of sp³-hybridized carbons (Fsp3) is 0.474. The third-order valence-electron chi connectivity index (χ3n) is 5.68.